The van der Waals surface area contributed by atoms with Crippen molar-refractivity contribution in [3.63, 3.8) is 0 Å². The molecule has 2 atom stereocenters. The van der Waals surface area contributed by atoms with Crippen molar-refractivity contribution in [3.8, 4) is 0 Å². The average molecular weight is 348 g/mol. The molecule has 0 bridgehead atoms. The van der Waals surface area contributed by atoms with Crippen LogP contribution in [-0.4, -0.2) is 11.9 Å². The Bertz CT molecular complexity index is 410. The lowest BCUT2D eigenvalue weighted by atomic mass is 9.85. The van der Waals surface area contributed by atoms with Crippen LogP contribution in [0.15, 0.2) is 28.7 Å². The normalized spacial score (nSPS) is 22.4. The Kier molecular flexibility index (Phi) is 6.83. The van der Waals surface area contributed by atoms with Crippen LogP contribution in [0.1, 0.15) is 31.2 Å². The van der Waals surface area contributed by atoms with Crippen LogP contribution in [0.25, 0.3) is 0 Å². The fourth-order valence-electron chi connectivity index (χ4n) is 2.40. The van der Waals surface area contributed by atoms with Gasteiger partial charge in [-0.15, -0.1) is 12.4 Å². The van der Waals surface area contributed by atoms with Crippen LogP contribution in [0, 0.1) is 5.92 Å². The molecule has 1 saturated carbocycles. The fourth-order valence-corrected chi connectivity index (χ4v) is 2.67. The van der Waals surface area contributed by atoms with Crippen LogP contribution in [0.2, 0.25) is 0 Å². The molecule has 0 aliphatic heterocycles. The minimum Gasteiger partial charge on any atom is -0.352 e. The summed E-state index contributed by atoms with van der Waals surface area (Å²) in [6.45, 7) is 0.595. The molecule has 106 valence electrons. The molecule has 0 spiro atoms. The number of nitrogens with two attached hydrogens (primary N) is 1. The van der Waals surface area contributed by atoms with Gasteiger partial charge in [0.1, 0.15) is 0 Å². The molecule has 5 heteroatoms. The molecule has 0 saturated heterocycles. The van der Waals surface area contributed by atoms with Gasteiger partial charge in [-0.2, -0.15) is 0 Å². The minimum absolute atomic E-state index is 0. The van der Waals surface area contributed by atoms with Gasteiger partial charge >= 0.3 is 0 Å². The molecule has 19 heavy (non-hydrogen) atoms. The van der Waals surface area contributed by atoms with Crippen LogP contribution < -0.4 is 11.1 Å². The summed E-state index contributed by atoms with van der Waals surface area (Å²) >= 11 is 3.39. The van der Waals surface area contributed by atoms with Crippen molar-refractivity contribution in [1.29, 1.82) is 0 Å². The standard InChI is InChI=1S/C14H19BrN2O.ClH/c15-12-6-4-10(5-7-12)9-17-14(18)11-2-1-3-13(16)8-11;/h4-7,11,13H,1-3,8-9,16H2,(H,17,18);1H. The molecule has 1 fully saturated rings. The van der Waals surface area contributed by atoms with E-state index in [4.69, 9.17) is 5.73 Å². The Hall–Kier alpha value is -0.580. The lowest BCUT2D eigenvalue weighted by Gasteiger charge is -2.25. The van der Waals surface area contributed by atoms with Gasteiger partial charge in [-0.3, -0.25) is 4.79 Å². The smallest absolute Gasteiger partial charge is 0.223 e. The first-order valence-electron chi connectivity index (χ1n) is 6.43. The molecule has 1 aliphatic carbocycles. The number of hydrogen-bond donors (Lipinski definition) is 2. The van der Waals surface area contributed by atoms with Crippen LogP contribution in [-0.2, 0) is 11.3 Å². The largest absolute Gasteiger partial charge is 0.352 e. The second-order valence-corrected chi connectivity index (χ2v) is 5.88. The summed E-state index contributed by atoms with van der Waals surface area (Å²) < 4.78 is 1.05. The molecule has 0 heterocycles. The molecule has 1 amide bonds. The molecule has 0 radical (unpaired) electrons. The number of benzene rings is 1. The maximum Gasteiger partial charge on any atom is 0.223 e. The van der Waals surface area contributed by atoms with Gasteiger partial charge < -0.3 is 11.1 Å². The van der Waals surface area contributed by atoms with E-state index in [0.29, 0.717) is 6.54 Å². The van der Waals surface area contributed by atoms with Crippen molar-refractivity contribution in [2.45, 2.75) is 38.3 Å². The molecule has 1 aromatic carbocycles. The van der Waals surface area contributed by atoms with Gasteiger partial charge in [0, 0.05) is 23.0 Å². The zero-order chi connectivity index (χ0) is 13.0. The average Bonchev–Trinajstić information content (AvgIpc) is 2.38. The van der Waals surface area contributed by atoms with Crippen molar-refractivity contribution in [2.24, 2.45) is 11.7 Å². The zero-order valence-electron chi connectivity index (χ0n) is 10.8. The maximum absolute atomic E-state index is 12.0. The first kappa shape index (κ1) is 16.5. The minimum atomic E-state index is 0. The number of rotatable bonds is 3. The number of hydrogen-bond acceptors (Lipinski definition) is 2. The van der Waals surface area contributed by atoms with E-state index >= 15 is 0 Å². The highest BCUT2D eigenvalue weighted by molar-refractivity contribution is 9.10. The topological polar surface area (TPSA) is 55.1 Å². The monoisotopic (exact) mass is 346 g/mol. The van der Waals surface area contributed by atoms with Gasteiger partial charge in [0.05, 0.1) is 0 Å². The molecule has 0 aromatic heterocycles. The van der Waals surface area contributed by atoms with Gasteiger partial charge in [0.15, 0.2) is 0 Å². The SMILES string of the molecule is Cl.NC1CCCC(C(=O)NCc2ccc(Br)cc2)C1. The van der Waals surface area contributed by atoms with Crippen LogP contribution >= 0.6 is 28.3 Å². The Morgan fingerprint density at radius 2 is 2.00 bits per heavy atom. The molecule has 2 unspecified atom stereocenters. The van der Waals surface area contributed by atoms with E-state index in [-0.39, 0.29) is 30.3 Å². The van der Waals surface area contributed by atoms with E-state index in [0.717, 1.165) is 35.7 Å². The van der Waals surface area contributed by atoms with Gasteiger partial charge in [0.2, 0.25) is 5.91 Å². The summed E-state index contributed by atoms with van der Waals surface area (Å²) in [6.07, 6.45) is 3.92. The van der Waals surface area contributed by atoms with Crippen LogP contribution in [0.4, 0.5) is 0 Å². The third-order valence-electron chi connectivity index (χ3n) is 3.47. The van der Waals surface area contributed by atoms with Crippen LogP contribution in [0.3, 0.4) is 0 Å². The summed E-state index contributed by atoms with van der Waals surface area (Å²) in [4.78, 5) is 12.0. The van der Waals surface area contributed by atoms with E-state index in [1.54, 1.807) is 0 Å². The quantitative estimate of drug-likeness (QED) is 0.883. The highest BCUT2D eigenvalue weighted by Crippen LogP contribution is 2.23. The first-order chi connectivity index (χ1) is 8.65. The number of carbonyl (C=O) groups excluding carboxylic acids is 1. The molecule has 1 aromatic rings. The van der Waals surface area contributed by atoms with Crippen molar-refractivity contribution in [1.82, 2.24) is 5.32 Å². The summed E-state index contributed by atoms with van der Waals surface area (Å²) in [5.74, 6) is 0.247. The highest BCUT2D eigenvalue weighted by atomic mass is 79.9. The van der Waals surface area contributed by atoms with Crippen molar-refractivity contribution in [3.05, 3.63) is 34.3 Å². The Labute approximate surface area is 128 Å². The predicted octanol–water partition coefficient (Wildman–Crippen LogP) is 3.00. The zero-order valence-corrected chi connectivity index (χ0v) is 13.2. The van der Waals surface area contributed by atoms with E-state index in [1.807, 2.05) is 24.3 Å². The molecular weight excluding hydrogens is 328 g/mol. The van der Waals surface area contributed by atoms with E-state index in [2.05, 4.69) is 21.2 Å². The summed E-state index contributed by atoms with van der Waals surface area (Å²) in [7, 11) is 0. The Morgan fingerprint density at radius 3 is 2.63 bits per heavy atom. The summed E-state index contributed by atoms with van der Waals surface area (Å²) in [5, 5.41) is 3.00. The highest BCUT2D eigenvalue weighted by Gasteiger charge is 2.24. The molecule has 2 rings (SSSR count). The lowest BCUT2D eigenvalue weighted by Crippen LogP contribution is -2.37. The number of amides is 1. The van der Waals surface area contributed by atoms with Crippen molar-refractivity contribution < 1.29 is 4.79 Å². The Balaban J connectivity index is 0.00000180. The van der Waals surface area contributed by atoms with E-state index < -0.39 is 0 Å². The lowest BCUT2D eigenvalue weighted by molar-refractivity contribution is -0.126. The van der Waals surface area contributed by atoms with Gasteiger partial charge in [-0.05, 0) is 37.0 Å². The third-order valence-corrected chi connectivity index (χ3v) is 3.99. The molecular formula is C14H20BrClN2O. The van der Waals surface area contributed by atoms with E-state index in [9.17, 15) is 4.79 Å². The number of halogens is 2. The fraction of sp³-hybridized carbons (Fsp3) is 0.500. The molecule has 3 N–H and O–H groups in total. The second-order valence-electron chi connectivity index (χ2n) is 4.97. The number of nitrogens with one attached hydrogen (secondary N) is 1. The van der Waals surface area contributed by atoms with Gasteiger partial charge in [0.25, 0.3) is 0 Å². The summed E-state index contributed by atoms with van der Waals surface area (Å²) in [5.41, 5.74) is 7.02. The van der Waals surface area contributed by atoms with Crippen molar-refractivity contribution >= 4 is 34.2 Å². The Morgan fingerprint density at radius 1 is 1.32 bits per heavy atom. The second kappa shape index (κ2) is 7.88. The third kappa shape index (κ3) is 5.13. The number of carbonyl (C=O) groups is 1. The molecule has 3 nitrogen and oxygen atoms in total. The maximum atomic E-state index is 12.0. The summed E-state index contributed by atoms with van der Waals surface area (Å²) in [6, 6.07) is 8.19. The predicted molar refractivity (Wildman–Crippen MR) is 83.2 cm³/mol. The van der Waals surface area contributed by atoms with Gasteiger partial charge in [-0.1, -0.05) is 34.5 Å². The van der Waals surface area contributed by atoms with Gasteiger partial charge in [-0.25, -0.2) is 0 Å². The molecule has 1 aliphatic rings. The first-order valence-corrected chi connectivity index (χ1v) is 7.22. The van der Waals surface area contributed by atoms with Crippen LogP contribution in [0.5, 0.6) is 0 Å². The van der Waals surface area contributed by atoms with Crippen molar-refractivity contribution in [2.75, 3.05) is 0 Å². The van der Waals surface area contributed by atoms with E-state index in [1.165, 1.54) is 0 Å².